The van der Waals surface area contributed by atoms with Gasteiger partial charge in [0.05, 0.1) is 0 Å². The minimum atomic E-state index is -0.184. The Morgan fingerprint density at radius 3 is 2.42 bits per heavy atom. The second-order valence-corrected chi connectivity index (χ2v) is 5.47. The molecule has 0 amide bonds. The van der Waals surface area contributed by atoms with Gasteiger partial charge in [0, 0.05) is 24.8 Å². The summed E-state index contributed by atoms with van der Waals surface area (Å²) in [6.45, 7) is 4.32. The fraction of sp³-hybridized carbons (Fsp3) is 0.600. The van der Waals surface area contributed by atoms with Crippen molar-refractivity contribution in [3.63, 3.8) is 0 Å². The van der Waals surface area contributed by atoms with Gasteiger partial charge in [-0.2, -0.15) is 0 Å². The molecule has 0 unspecified atom stereocenters. The van der Waals surface area contributed by atoms with Crippen molar-refractivity contribution < 1.29 is 4.39 Å². The summed E-state index contributed by atoms with van der Waals surface area (Å²) in [5, 5.41) is 3.33. The molecular weight excluding hydrogens is 241 g/mol. The lowest BCUT2D eigenvalue weighted by Gasteiger charge is -2.35. The van der Waals surface area contributed by atoms with E-state index < -0.39 is 0 Å². The van der Waals surface area contributed by atoms with E-state index in [9.17, 15) is 4.39 Å². The lowest BCUT2D eigenvalue weighted by molar-refractivity contribution is 0.148. The molecule has 106 valence electrons. The summed E-state index contributed by atoms with van der Waals surface area (Å²) in [5.74, 6) is -0.184. The molecule has 2 rings (SSSR count). The van der Waals surface area contributed by atoms with E-state index >= 15 is 0 Å². The number of benzene rings is 1. The first-order valence-corrected chi connectivity index (χ1v) is 7.03. The standard InChI is InChI=1S/C15H24FN3/c1-18(2)15-7-10-19(11-8-15)12-9-17-14-5-3-13(16)4-6-14/h3-6,15,17H,7-12H2,1-2H3. The quantitative estimate of drug-likeness (QED) is 0.881. The van der Waals surface area contributed by atoms with Crippen molar-refractivity contribution >= 4 is 5.69 Å². The van der Waals surface area contributed by atoms with Gasteiger partial charge < -0.3 is 15.1 Å². The van der Waals surface area contributed by atoms with Crippen LogP contribution in [0.5, 0.6) is 0 Å². The molecule has 0 spiro atoms. The molecule has 19 heavy (non-hydrogen) atoms. The molecule has 1 saturated heterocycles. The third-order valence-electron chi connectivity index (χ3n) is 3.89. The normalized spacial score (nSPS) is 17.9. The average Bonchev–Trinajstić information content (AvgIpc) is 2.41. The Hall–Kier alpha value is -1.13. The van der Waals surface area contributed by atoms with Crippen LogP contribution < -0.4 is 5.32 Å². The van der Waals surface area contributed by atoms with Crippen LogP contribution in [0.4, 0.5) is 10.1 Å². The monoisotopic (exact) mass is 265 g/mol. The largest absolute Gasteiger partial charge is 0.384 e. The lowest BCUT2D eigenvalue weighted by atomic mass is 10.0. The van der Waals surface area contributed by atoms with Crippen molar-refractivity contribution in [1.82, 2.24) is 9.80 Å². The van der Waals surface area contributed by atoms with Crippen molar-refractivity contribution in [2.24, 2.45) is 0 Å². The molecule has 0 aliphatic carbocycles. The van der Waals surface area contributed by atoms with E-state index in [0.717, 1.165) is 24.8 Å². The highest BCUT2D eigenvalue weighted by Gasteiger charge is 2.19. The van der Waals surface area contributed by atoms with E-state index in [1.54, 1.807) is 12.1 Å². The summed E-state index contributed by atoms with van der Waals surface area (Å²) in [5.41, 5.74) is 0.990. The number of hydrogen-bond donors (Lipinski definition) is 1. The second-order valence-electron chi connectivity index (χ2n) is 5.47. The van der Waals surface area contributed by atoms with Crippen LogP contribution >= 0.6 is 0 Å². The smallest absolute Gasteiger partial charge is 0.123 e. The number of halogens is 1. The zero-order valence-electron chi connectivity index (χ0n) is 11.9. The zero-order chi connectivity index (χ0) is 13.7. The highest BCUT2D eigenvalue weighted by atomic mass is 19.1. The van der Waals surface area contributed by atoms with Gasteiger partial charge in [-0.25, -0.2) is 4.39 Å². The van der Waals surface area contributed by atoms with Crippen LogP contribution in [0, 0.1) is 5.82 Å². The number of anilines is 1. The molecule has 1 aliphatic heterocycles. The topological polar surface area (TPSA) is 18.5 Å². The van der Waals surface area contributed by atoms with E-state index in [2.05, 4.69) is 29.2 Å². The van der Waals surface area contributed by atoms with Gasteiger partial charge in [-0.05, 0) is 64.3 Å². The average molecular weight is 265 g/mol. The maximum Gasteiger partial charge on any atom is 0.123 e. The highest BCUT2D eigenvalue weighted by Crippen LogP contribution is 2.14. The predicted octanol–water partition coefficient (Wildman–Crippen LogP) is 2.26. The Morgan fingerprint density at radius 1 is 1.21 bits per heavy atom. The van der Waals surface area contributed by atoms with Gasteiger partial charge in [0.15, 0.2) is 0 Å². The summed E-state index contributed by atoms with van der Waals surface area (Å²) in [4.78, 5) is 4.82. The number of hydrogen-bond acceptors (Lipinski definition) is 3. The Kier molecular flexibility index (Phi) is 5.16. The maximum absolute atomic E-state index is 12.8. The molecule has 0 aromatic heterocycles. The molecule has 1 heterocycles. The van der Waals surface area contributed by atoms with E-state index in [0.29, 0.717) is 0 Å². The van der Waals surface area contributed by atoms with E-state index in [1.807, 2.05) is 0 Å². The molecule has 0 saturated carbocycles. The minimum absolute atomic E-state index is 0.184. The van der Waals surface area contributed by atoms with E-state index in [-0.39, 0.29) is 5.82 Å². The fourth-order valence-electron chi connectivity index (χ4n) is 2.59. The van der Waals surface area contributed by atoms with Crippen LogP contribution in [0.2, 0.25) is 0 Å². The summed E-state index contributed by atoms with van der Waals surface area (Å²) in [7, 11) is 4.33. The van der Waals surface area contributed by atoms with Crippen molar-refractivity contribution in [2.75, 3.05) is 45.6 Å². The number of nitrogens with zero attached hydrogens (tertiary/aromatic N) is 2. The highest BCUT2D eigenvalue weighted by molar-refractivity contribution is 5.42. The molecule has 1 aromatic rings. The SMILES string of the molecule is CN(C)C1CCN(CCNc2ccc(F)cc2)CC1. The number of piperidine rings is 1. The van der Waals surface area contributed by atoms with Crippen molar-refractivity contribution in [1.29, 1.82) is 0 Å². The Bertz CT molecular complexity index is 369. The van der Waals surface area contributed by atoms with Gasteiger partial charge >= 0.3 is 0 Å². The molecule has 3 nitrogen and oxygen atoms in total. The maximum atomic E-state index is 12.8. The molecule has 1 aliphatic rings. The fourth-order valence-corrected chi connectivity index (χ4v) is 2.59. The van der Waals surface area contributed by atoms with Gasteiger partial charge in [-0.1, -0.05) is 0 Å². The van der Waals surface area contributed by atoms with Crippen LogP contribution in [0.25, 0.3) is 0 Å². The summed E-state index contributed by atoms with van der Waals surface area (Å²) in [6, 6.07) is 7.29. The third-order valence-corrected chi connectivity index (χ3v) is 3.89. The van der Waals surface area contributed by atoms with Gasteiger partial charge in [0.25, 0.3) is 0 Å². The van der Waals surface area contributed by atoms with Crippen LogP contribution in [0.3, 0.4) is 0 Å². The predicted molar refractivity (Wildman–Crippen MR) is 78.0 cm³/mol. The molecule has 0 bridgehead atoms. The Balaban J connectivity index is 1.65. The molecular formula is C15H24FN3. The molecule has 0 radical (unpaired) electrons. The number of nitrogens with one attached hydrogen (secondary N) is 1. The lowest BCUT2D eigenvalue weighted by Crippen LogP contribution is -2.43. The Labute approximate surface area is 115 Å². The molecule has 1 fully saturated rings. The molecule has 0 atom stereocenters. The summed E-state index contributed by atoms with van der Waals surface area (Å²) >= 11 is 0. The van der Waals surface area contributed by atoms with Gasteiger partial charge in [-0.3, -0.25) is 0 Å². The van der Waals surface area contributed by atoms with E-state index in [1.165, 1.54) is 38.1 Å². The molecule has 1 aromatic carbocycles. The van der Waals surface area contributed by atoms with Crippen LogP contribution in [0.15, 0.2) is 24.3 Å². The molecule has 1 N–H and O–H groups in total. The first-order chi connectivity index (χ1) is 9.15. The van der Waals surface area contributed by atoms with Gasteiger partial charge in [0.1, 0.15) is 5.82 Å². The number of likely N-dealkylation sites (tertiary alicyclic amines) is 1. The first-order valence-electron chi connectivity index (χ1n) is 7.03. The minimum Gasteiger partial charge on any atom is -0.384 e. The van der Waals surface area contributed by atoms with Gasteiger partial charge in [-0.15, -0.1) is 0 Å². The number of rotatable bonds is 5. The van der Waals surface area contributed by atoms with E-state index in [4.69, 9.17) is 0 Å². The first kappa shape index (κ1) is 14.3. The zero-order valence-corrected chi connectivity index (χ0v) is 11.9. The van der Waals surface area contributed by atoms with Crippen molar-refractivity contribution in [2.45, 2.75) is 18.9 Å². The second kappa shape index (κ2) is 6.87. The summed E-state index contributed by atoms with van der Waals surface area (Å²) in [6.07, 6.45) is 2.51. The van der Waals surface area contributed by atoms with Crippen LogP contribution in [-0.2, 0) is 0 Å². The van der Waals surface area contributed by atoms with Gasteiger partial charge in [0.2, 0.25) is 0 Å². The molecule has 4 heteroatoms. The van der Waals surface area contributed by atoms with Crippen molar-refractivity contribution in [3.05, 3.63) is 30.1 Å². The van der Waals surface area contributed by atoms with Crippen molar-refractivity contribution in [3.8, 4) is 0 Å². The third kappa shape index (κ3) is 4.48. The summed E-state index contributed by atoms with van der Waals surface area (Å²) < 4.78 is 12.8. The Morgan fingerprint density at radius 2 is 1.84 bits per heavy atom. The van der Waals surface area contributed by atoms with Crippen LogP contribution in [0.1, 0.15) is 12.8 Å². The van der Waals surface area contributed by atoms with Crippen LogP contribution in [-0.4, -0.2) is 56.1 Å².